The van der Waals surface area contributed by atoms with Gasteiger partial charge in [0.25, 0.3) is 0 Å². The van der Waals surface area contributed by atoms with E-state index in [1.807, 2.05) is 12.1 Å². The fourth-order valence-electron chi connectivity index (χ4n) is 2.32. The van der Waals surface area contributed by atoms with Crippen LogP contribution in [0.5, 0.6) is 17.2 Å². The quantitative estimate of drug-likeness (QED) is 0.755. The van der Waals surface area contributed by atoms with Gasteiger partial charge in [0.2, 0.25) is 5.75 Å². The van der Waals surface area contributed by atoms with Crippen molar-refractivity contribution in [2.45, 2.75) is 13.3 Å². The molecule has 2 unspecified atom stereocenters. The molecule has 114 valence electrons. The van der Waals surface area contributed by atoms with E-state index < -0.39 is 0 Å². The van der Waals surface area contributed by atoms with Crippen LogP contribution in [0.25, 0.3) is 0 Å². The normalized spacial score (nSPS) is 13.7. The van der Waals surface area contributed by atoms with E-state index in [-0.39, 0.29) is 18.4 Å². The molecule has 5 nitrogen and oxygen atoms in total. The Morgan fingerprint density at radius 3 is 2.20 bits per heavy atom. The molecule has 0 aliphatic heterocycles. The van der Waals surface area contributed by atoms with Crippen LogP contribution in [0.3, 0.4) is 0 Å². The summed E-state index contributed by atoms with van der Waals surface area (Å²) in [5, 5.41) is 9.33. The number of aliphatic hydroxyl groups excluding tert-OH is 1. The molecule has 1 aromatic carbocycles. The number of hydrogen-bond donors (Lipinski definition) is 2. The lowest BCUT2D eigenvalue weighted by Crippen LogP contribution is -2.26. The van der Waals surface area contributed by atoms with Crippen molar-refractivity contribution < 1.29 is 19.3 Å². The van der Waals surface area contributed by atoms with E-state index in [1.165, 1.54) is 0 Å². The van der Waals surface area contributed by atoms with Crippen molar-refractivity contribution in [2.24, 2.45) is 17.6 Å². The first-order valence-corrected chi connectivity index (χ1v) is 6.71. The third kappa shape index (κ3) is 3.55. The molecule has 0 fully saturated rings. The van der Waals surface area contributed by atoms with Gasteiger partial charge in [-0.05, 0) is 36.4 Å². The van der Waals surface area contributed by atoms with Gasteiger partial charge in [-0.2, -0.15) is 0 Å². The van der Waals surface area contributed by atoms with Gasteiger partial charge in [-0.15, -0.1) is 0 Å². The summed E-state index contributed by atoms with van der Waals surface area (Å²) in [7, 11) is 4.79. The summed E-state index contributed by atoms with van der Waals surface area (Å²) in [6.07, 6.45) is 0.756. The monoisotopic (exact) mass is 283 g/mol. The van der Waals surface area contributed by atoms with Crippen molar-refractivity contribution in [3.8, 4) is 17.2 Å². The van der Waals surface area contributed by atoms with E-state index in [1.54, 1.807) is 21.3 Å². The SMILES string of the molecule is COc1ccc(CC(C)C(CN)CO)c(OC)c1OC. The maximum Gasteiger partial charge on any atom is 0.203 e. The average Bonchev–Trinajstić information content (AvgIpc) is 2.47. The van der Waals surface area contributed by atoms with E-state index in [0.717, 1.165) is 12.0 Å². The van der Waals surface area contributed by atoms with Crippen LogP contribution in [0.4, 0.5) is 0 Å². The lowest BCUT2D eigenvalue weighted by Gasteiger charge is -2.22. The Balaban J connectivity index is 3.06. The fourth-order valence-corrected chi connectivity index (χ4v) is 2.32. The predicted molar refractivity (Wildman–Crippen MR) is 78.6 cm³/mol. The molecule has 0 heterocycles. The van der Waals surface area contributed by atoms with Crippen molar-refractivity contribution in [3.63, 3.8) is 0 Å². The molecular formula is C15H25NO4. The van der Waals surface area contributed by atoms with Gasteiger partial charge >= 0.3 is 0 Å². The summed E-state index contributed by atoms with van der Waals surface area (Å²) in [5.74, 6) is 2.23. The first-order valence-electron chi connectivity index (χ1n) is 6.71. The van der Waals surface area contributed by atoms with Gasteiger partial charge in [-0.1, -0.05) is 13.0 Å². The van der Waals surface area contributed by atoms with Gasteiger partial charge in [0.1, 0.15) is 0 Å². The summed E-state index contributed by atoms with van der Waals surface area (Å²) < 4.78 is 16.1. The molecule has 0 aromatic heterocycles. The Morgan fingerprint density at radius 1 is 1.10 bits per heavy atom. The standard InChI is InChI=1S/C15H25NO4/c1-10(12(8-16)9-17)7-11-5-6-13(18-2)15(20-4)14(11)19-3/h5-6,10,12,17H,7-9,16H2,1-4H3. The first kappa shape index (κ1) is 16.6. The summed E-state index contributed by atoms with van der Waals surface area (Å²) in [4.78, 5) is 0. The molecule has 0 amide bonds. The second kappa shape index (κ2) is 7.97. The Morgan fingerprint density at radius 2 is 1.75 bits per heavy atom. The lowest BCUT2D eigenvalue weighted by atomic mass is 9.88. The number of aliphatic hydroxyl groups is 1. The molecule has 1 aromatic rings. The van der Waals surface area contributed by atoms with E-state index in [4.69, 9.17) is 19.9 Å². The predicted octanol–water partition coefficient (Wildman–Crippen LogP) is 1.46. The molecule has 0 aliphatic rings. The van der Waals surface area contributed by atoms with Crippen molar-refractivity contribution in [2.75, 3.05) is 34.5 Å². The van der Waals surface area contributed by atoms with Crippen LogP contribution in [0.1, 0.15) is 12.5 Å². The molecule has 5 heteroatoms. The van der Waals surface area contributed by atoms with Crippen LogP contribution < -0.4 is 19.9 Å². The first-order chi connectivity index (χ1) is 9.62. The minimum Gasteiger partial charge on any atom is -0.493 e. The second-order valence-electron chi connectivity index (χ2n) is 4.85. The maximum atomic E-state index is 9.33. The largest absolute Gasteiger partial charge is 0.493 e. The van der Waals surface area contributed by atoms with Crippen LogP contribution in [0, 0.1) is 11.8 Å². The van der Waals surface area contributed by atoms with E-state index in [0.29, 0.717) is 23.8 Å². The Labute approximate surface area is 120 Å². The number of ether oxygens (including phenoxy) is 3. The van der Waals surface area contributed by atoms with Gasteiger partial charge in [0.05, 0.1) is 21.3 Å². The number of methoxy groups -OCH3 is 3. The molecule has 1 rings (SSSR count). The summed E-state index contributed by atoms with van der Waals surface area (Å²) in [6.45, 7) is 2.63. The smallest absolute Gasteiger partial charge is 0.203 e. The fraction of sp³-hybridized carbons (Fsp3) is 0.600. The van der Waals surface area contributed by atoms with Gasteiger partial charge < -0.3 is 25.1 Å². The van der Waals surface area contributed by atoms with Crippen molar-refractivity contribution in [1.29, 1.82) is 0 Å². The third-order valence-corrected chi connectivity index (χ3v) is 3.67. The van der Waals surface area contributed by atoms with Crippen molar-refractivity contribution in [3.05, 3.63) is 17.7 Å². The average molecular weight is 283 g/mol. The molecule has 0 spiro atoms. The van der Waals surface area contributed by atoms with Crippen LogP contribution in [-0.2, 0) is 6.42 Å². The molecular weight excluding hydrogens is 258 g/mol. The highest BCUT2D eigenvalue weighted by Crippen LogP contribution is 2.40. The highest BCUT2D eigenvalue weighted by molar-refractivity contribution is 5.55. The minimum atomic E-state index is 0.0767. The number of benzene rings is 1. The second-order valence-corrected chi connectivity index (χ2v) is 4.85. The summed E-state index contributed by atoms with van der Waals surface area (Å²) in [6, 6.07) is 3.82. The van der Waals surface area contributed by atoms with Gasteiger partial charge in [0, 0.05) is 6.61 Å². The molecule has 3 N–H and O–H groups in total. The highest BCUT2D eigenvalue weighted by Gasteiger charge is 2.21. The molecule has 0 saturated heterocycles. The molecule has 0 bridgehead atoms. The van der Waals surface area contributed by atoms with Crippen LogP contribution >= 0.6 is 0 Å². The van der Waals surface area contributed by atoms with E-state index in [9.17, 15) is 5.11 Å². The number of rotatable bonds is 8. The maximum absolute atomic E-state index is 9.33. The Hall–Kier alpha value is -1.46. The van der Waals surface area contributed by atoms with Crippen LogP contribution in [0.2, 0.25) is 0 Å². The molecule has 2 atom stereocenters. The molecule has 0 aliphatic carbocycles. The zero-order valence-corrected chi connectivity index (χ0v) is 12.7. The third-order valence-electron chi connectivity index (χ3n) is 3.67. The van der Waals surface area contributed by atoms with Crippen molar-refractivity contribution in [1.82, 2.24) is 0 Å². The Kier molecular flexibility index (Phi) is 6.61. The van der Waals surface area contributed by atoms with Crippen molar-refractivity contribution >= 4 is 0 Å². The Bertz CT molecular complexity index is 419. The van der Waals surface area contributed by atoms with E-state index in [2.05, 4.69) is 6.92 Å². The highest BCUT2D eigenvalue weighted by atomic mass is 16.5. The van der Waals surface area contributed by atoms with Crippen LogP contribution in [-0.4, -0.2) is 39.6 Å². The van der Waals surface area contributed by atoms with Crippen LogP contribution in [0.15, 0.2) is 12.1 Å². The molecule has 20 heavy (non-hydrogen) atoms. The zero-order valence-electron chi connectivity index (χ0n) is 12.7. The van der Waals surface area contributed by atoms with Gasteiger partial charge in [0.15, 0.2) is 11.5 Å². The molecule has 0 saturated carbocycles. The van der Waals surface area contributed by atoms with Gasteiger partial charge in [-0.3, -0.25) is 0 Å². The minimum absolute atomic E-state index is 0.0767. The number of nitrogens with two attached hydrogens (primary N) is 1. The summed E-state index contributed by atoms with van der Waals surface area (Å²) >= 11 is 0. The topological polar surface area (TPSA) is 73.9 Å². The number of hydrogen-bond acceptors (Lipinski definition) is 5. The zero-order chi connectivity index (χ0) is 15.1. The van der Waals surface area contributed by atoms with Gasteiger partial charge in [-0.25, -0.2) is 0 Å². The van der Waals surface area contributed by atoms with E-state index >= 15 is 0 Å². The lowest BCUT2D eigenvalue weighted by molar-refractivity contribution is 0.186. The summed E-state index contributed by atoms with van der Waals surface area (Å²) in [5.41, 5.74) is 6.69. The molecule has 0 radical (unpaired) electrons.